The summed E-state index contributed by atoms with van der Waals surface area (Å²) in [5.41, 5.74) is 4.58. The zero-order chi connectivity index (χ0) is 15.7. The van der Waals surface area contributed by atoms with Gasteiger partial charge in [0.15, 0.2) is 23.3 Å². The molecule has 1 aromatic rings. The fraction of sp³-hybridized carbons (Fsp3) is 0.538. The van der Waals surface area contributed by atoms with Crippen LogP contribution in [0.15, 0.2) is 0 Å². The molecule has 0 radical (unpaired) electrons. The lowest BCUT2D eigenvalue weighted by Gasteiger charge is -2.23. The van der Waals surface area contributed by atoms with Gasteiger partial charge in [-0.2, -0.15) is 0 Å². The molecular formula is C13H17F5N2. The third kappa shape index (κ3) is 3.82. The first-order chi connectivity index (χ1) is 9.04. The van der Waals surface area contributed by atoms with Crippen molar-refractivity contribution in [3.05, 3.63) is 29.1 Å². The van der Waals surface area contributed by atoms with E-state index in [1.165, 1.54) is 0 Å². The first kappa shape index (κ1) is 16.7. The molecule has 2 nitrogen and oxygen atoms in total. The molecule has 114 valence electrons. The van der Waals surface area contributed by atoms with Gasteiger partial charge in [-0.1, -0.05) is 20.8 Å². The number of nitrogens with one attached hydrogen (secondary N) is 1. The van der Waals surface area contributed by atoms with Gasteiger partial charge in [0, 0.05) is 12.6 Å². The quantitative estimate of drug-likeness (QED) is 0.506. The predicted molar refractivity (Wildman–Crippen MR) is 66.8 cm³/mol. The number of rotatable bonds is 4. The maximum Gasteiger partial charge on any atom is 0.200 e. The fourth-order valence-electron chi connectivity index (χ4n) is 1.85. The van der Waals surface area contributed by atoms with Crippen molar-refractivity contribution in [2.45, 2.75) is 33.2 Å². The summed E-state index contributed by atoms with van der Waals surface area (Å²) in [6.45, 7) is 5.66. The van der Waals surface area contributed by atoms with E-state index in [1.54, 1.807) is 0 Å². The normalized spacial score (nSPS) is 13.4. The van der Waals surface area contributed by atoms with Gasteiger partial charge in [-0.25, -0.2) is 22.0 Å². The van der Waals surface area contributed by atoms with Crippen LogP contribution in [0.25, 0.3) is 0 Å². The van der Waals surface area contributed by atoms with Crippen LogP contribution in [0.3, 0.4) is 0 Å². The number of benzene rings is 1. The Labute approximate surface area is 114 Å². The Morgan fingerprint density at radius 3 is 1.70 bits per heavy atom. The molecule has 0 aliphatic heterocycles. The molecule has 0 aliphatic carbocycles. The summed E-state index contributed by atoms with van der Waals surface area (Å²) in [5.74, 6) is -9.90. The number of anilines is 1. The first-order valence-corrected chi connectivity index (χ1v) is 6.05. The molecular weight excluding hydrogens is 279 g/mol. The summed E-state index contributed by atoms with van der Waals surface area (Å²) in [6.07, 6.45) is 0.523. The van der Waals surface area contributed by atoms with Crippen molar-refractivity contribution < 1.29 is 22.0 Å². The first-order valence-electron chi connectivity index (χ1n) is 6.05. The van der Waals surface area contributed by atoms with Gasteiger partial charge in [0.1, 0.15) is 5.69 Å². The molecule has 0 aliphatic rings. The molecule has 0 bridgehead atoms. The highest BCUT2D eigenvalue weighted by atomic mass is 19.2. The van der Waals surface area contributed by atoms with E-state index in [0.29, 0.717) is 6.42 Å². The summed E-state index contributed by atoms with van der Waals surface area (Å²) in [4.78, 5) is 0. The van der Waals surface area contributed by atoms with Crippen LogP contribution < -0.4 is 11.1 Å². The maximum atomic E-state index is 13.4. The highest BCUT2D eigenvalue weighted by Crippen LogP contribution is 2.27. The molecule has 0 amide bonds. The number of hydrogen-bond acceptors (Lipinski definition) is 2. The van der Waals surface area contributed by atoms with Crippen LogP contribution in [0.2, 0.25) is 0 Å². The SMILES string of the molecule is CC(C)(C)CC(N)CNc1c(F)c(F)c(F)c(F)c1F. The molecule has 0 aromatic heterocycles. The van der Waals surface area contributed by atoms with Crippen molar-refractivity contribution in [1.82, 2.24) is 0 Å². The van der Waals surface area contributed by atoms with Crippen LogP contribution >= 0.6 is 0 Å². The molecule has 20 heavy (non-hydrogen) atoms. The van der Waals surface area contributed by atoms with Gasteiger partial charge >= 0.3 is 0 Å². The average molecular weight is 296 g/mol. The van der Waals surface area contributed by atoms with Crippen LogP contribution in [-0.2, 0) is 0 Å². The smallest absolute Gasteiger partial charge is 0.200 e. The van der Waals surface area contributed by atoms with E-state index in [0.717, 1.165) is 0 Å². The van der Waals surface area contributed by atoms with Crippen LogP contribution in [0.1, 0.15) is 27.2 Å². The van der Waals surface area contributed by atoms with E-state index in [1.807, 2.05) is 20.8 Å². The lowest BCUT2D eigenvalue weighted by molar-refractivity contribution is 0.343. The molecule has 1 atom stereocenters. The maximum absolute atomic E-state index is 13.4. The molecule has 1 aromatic carbocycles. The van der Waals surface area contributed by atoms with Crippen LogP contribution in [0.4, 0.5) is 27.6 Å². The van der Waals surface area contributed by atoms with Crippen molar-refractivity contribution in [3.63, 3.8) is 0 Å². The van der Waals surface area contributed by atoms with E-state index in [4.69, 9.17) is 5.73 Å². The lowest BCUT2D eigenvalue weighted by atomic mass is 9.88. The van der Waals surface area contributed by atoms with Gasteiger partial charge in [0.25, 0.3) is 0 Å². The van der Waals surface area contributed by atoms with E-state index in [2.05, 4.69) is 5.32 Å². The third-order valence-electron chi connectivity index (χ3n) is 2.63. The minimum Gasteiger partial charge on any atom is -0.379 e. The summed E-state index contributed by atoms with van der Waals surface area (Å²) < 4.78 is 65.5. The number of nitrogens with two attached hydrogens (primary N) is 1. The van der Waals surface area contributed by atoms with Gasteiger partial charge in [0.05, 0.1) is 0 Å². The largest absolute Gasteiger partial charge is 0.379 e. The standard InChI is InChI=1S/C13H17F5N2/c1-13(2,3)4-6(19)5-20-12-10(17)8(15)7(14)9(16)11(12)18/h6,20H,4-5,19H2,1-3H3. The van der Waals surface area contributed by atoms with Gasteiger partial charge < -0.3 is 11.1 Å². The van der Waals surface area contributed by atoms with E-state index < -0.39 is 40.8 Å². The Morgan fingerprint density at radius 2 is 1.30 bits per heavy atom. The van der Waals surface area contributed by atoms with Crippen molar-refractivity contribution in [2.24, 2.45) is 11.1 Å². The predicted octanol–water partition coefficient (Wildman–Crippen LogP) is 3.56. The van der Waals surface area contributed by atoms with E-state index in [9.17, 15) is 22.0 Å². The van der Waals surface area contributed by atoms with E-state index in [-0.39, 0.29) is 12.0 Å². The molecule has 0 heterocycles. The van der Waals surface area contributed by atoms with Crippen LogP contribution in [-0.4, -0.2) is 12.6 Å². The number of halogens is 5. The average Bonchev–Trinajstić information content (AvgIpc) is 2.32. The lowest BCUT2D eigenvalue weighted by Crippen LogP contribution is -2.33. The van der Waals surface area contributed by atoms with Crippen LogP contribution in [0, 0.1) is 34.5 Å². The van der Waals surface area contributed by atoms with Crippen molar-refractivity contribution in [3.8, 4) is 0 Å². The second-order valence-electron chi connectivity index (χ2n) is 5.85. The Bertz CT molecular complexity index is 468. The van der Waals surface area contributed by atoms with Gasteiger partial charge in [-0.05, 0) is 11.8 Å². The van der Waals surface area contributed by atoms with Gasteiger partial charge in [-0.15, -0.1) is 0 Å². The van der Waals surface area contributed by atoms with Crippen molar-refractivity contribution >= 4 is 5.69 Å². The monoisotopic (exact) mass is 296 g/mol. The summed E-state index contributed by atoms with van der Waals surface area (Å²) in [5, 5.41) is 2.19. The van der Waals surface area contributed by atoms with Gasteiger partial charge in [0.2, 0.25) is 5.82 Å². The summed E-state index contributed by atoms with van der Waals surface area (Å²) in [6, 6.07) is -0.482. The minimum absolute atomic E-state index is 0.102. The second kappa shape index (κ2) is 5.95. The Hall–Kier alpha value is -1.37. The fourth-order valence-corrected chi connectivity index (χ4v) is 1.85. The molecule has 0 saturated carbocycles. The molecule has 0 saturated heterocycles. The molecule has 1 rings (SSSR count). The molecule has 0 fully saturated rings. The zero-order valence-corrected chi connectivity index (χ0v) is 11.5. The second-order valence-corrected chi connectivity index (χ2v) is 5.85. The Balaban J connectivity index is 2.89. The summed E-state index contributed by atoms with van der Waals surface area (Å²) >= 11 is 0. The number of hydrogen-bond donors (Lipinski definition) is 2. The zero-order valence-electron chi connectivity index (χ0n) is 11.5. The molecule has 0 spiro atoms. The van der Waals surface area contributed by atoms with Crippen LogP contribution in [0.5, 0.6) is 0 Å². The van der Waals surface area contributed by atoms with E-state index >= 15 is 0 Å². The Kier molecular flexibility index (Phi) is 4.96. The van der Waals surface area contributed by atoms with Gasteiger partial charge in [-0.3, -0.25) is 0 Å². The molecule has 7 heteroatoms. The summed E-state index contributed by atoms with van der Waals surface area (Å²) in [7, 11) is 0. The van der Waals surface area contributed by atoms with Crippen molar-refractivity contribution in [1.29, 1.82) is 0 Å². The highest BCUT2D eigenvalue weighted by molar-refractivity contribution is 5.47. The minimum atomic E-state index is -2.18. The topological polar surface area (TPSA) is 38.0 Å². The third-order valence-corrected chi connectivity index (χ3v) is 2.63. The molecule has 3 N–H and O–H groups in total. The Morgan fingerprint density at radius 1 is 0.900 bits per heavy atom. The highest BCUT2D eigenvalue weighted by Gasteiger charge is 2.26. The molecule has 1 unspecified atom stereocenters. The van der Waals surface area contributed by atoms with Crippen molar-refractivity contribution in [2.75, 3.05) is 11.9 Å².